The van der Waals surface area contributed by atoms with E-state index < -0.39 is 0 Å². The van der Waals surface area contributed by atoms with Gasteiger partial charge < -0.3 is 15.4 Å². The number of ether oxygens (including phenoxy) is 1. The first-order valence-corrected chi connectivity index (χ1v) is 7.81. The van der Waals surface area contributed by atoms with Gasteiger partial charge in [-0.25, -0.2) is 0 Å². The number of anilines is 1. The number of thiophene rings is 1. The van der Waals surface area contributed by atoms with Crippen LogP contribution in [0.2, 0.25) is 0 Å². The van der Waals surface area contributed by atoms with Crippen LogP contribution in [0.25, 0.3) is 0 Å². The van der Waals surface area contributed by atoms with Gasteiger partial charge >= 0.3 is 0 Å². The summed E-state index contributed by atoms with van der Waals surface area (Å²) in [5, 5.41) is 7.24. The molecule has 23 heavy (non-hydrogen) atoms. The number of nitrogens with one attached hydrogen (secondary N) is 2. The van der Waals surface area contributed by atoms with E-state index in [0.717, 1.165) is 0 Å². The molecule has 2 N–H and O–H groups in total. The van der Waals surface area contributed by atoms with E-state index in [1.165, 1.54) is 18.3 Å². The van der Waals surface area contributed by atoms with Gasteiger partial charge in [-0.2, -0.15) is 0 Å². The van der Waals surface area contributed by atoms with E-state index in [-0.39, 0.29) is 25.0 Å². The van der Waals surface area contributed by atoms with Gasteiger partial charge in [0.25, 0.3) is 5.91 Å². The molecule has 0 fully saturated rings. The van der Waals surface area contributed by atoms with Crippen molar-refractivity contribution in [2.24, 2.45) is 0 Å². The Hall–Kier alpha value is -2.78. The minimum absolute atomic E-state index is 0.127. The highest BCUT2D eigenvalue weighted by Gasteiger charge is 2.03. The summed E-state index contributed by atoms with van der Waals surface area (Å²) in [6.07, 6.45) is 0. The fourth-order valence-corrected chi connectivity index (χ4v) is 2.36. The number of carbonyl (C=O) groups excluding carboxylic acids is 2. The molecule has 0 aliphatic carbocycles. The van der Waals surface area contributed by atoms with E-state index in [9.17, 15) is 9.59 Å². The highest BCUT2D eigenvalue weighted by Crippen LogP contribution is 2.16. The van der Waals surface area contributed by atoms with Crippen molar-refractivity contribution in [3.05, 3.63) is 46.7 Å². The Balaban J connectivity index is 1.73. The summed E-state index contributed by atoms with van der Waals surface area (Å²) in [5.74, 6) is 6.00. The zero-order valence-corrected chi connectivity index (χ0v) is 13.4. The van der Waals surface area contributed by atoms with Gasteiger partial charge in [0.15, 0.2) is 0 Å². The van der Waals surface area contributed by atoms with Crippen LogP contribution in [0.1, 0.15) is 16.6 Å². The van der Waals surface area contributed by atoms with E-state index in [0.29, 0.717) is 16.3 Å². The third kappa shape index (κ3) is 5.85. The quantitative estimate of drug-likeness (QED) is 0.829. The number of amides is 2. The lowest BCUT2D eigenvalue weighted by atomic mass is 10.3. The summed E-state index contributed by atoms with van der Waals surface area (Å²) in [6.45, 7) is 1.92. The highest BCUT2D eigenvalue weighted by atomic mass is 32.1. The van der Waals surface area contributed by atoms with Crippen molar-refractivity contribution in [3.63, 3.8) is 0 Å². The molecule has 0 aliphatic heterocycles. The zero-order chi connectivity index (χ0) is 16.5. The molecule has 118 valence electrons. The Morgan fingerprint density at radius 2 is 2.09 bits per heavy atom. The molecule has 6 heteroatoms. The van der Waals surface area contributed by atoms with Crippen LogP contribution < -0.4 is 15.4 Å². The number of hydrogen-bond donors (Lipinski definition) is 2. The molecule has 0 saturated heterocycles. The molecule has 0 saturated carbocycles. The standard InChI is InChI=1S/C17H16N2O3S/c1-13(20)19-14-6-4-7-15(12-14)22-10-3-2-9-18-17(21)16-8-5-11-23-16/h4-8,11-12H,9-10H2,1H3,(H,18,21)(H,19,20). The van der Waals surface area contributed by atoms with Gasteiger partial charge in [0.1, 0.15) is 12.4 Å². The zero-order valence-electron chi connectivity index (χ0n) is 12.6. The van der Waals surface area contributed by atoms with Gasteiger partial charge in [0.2, 0.25) is 5.91 Å². The van der Waals surface area contributed by atoms with E-state index >= 15 is 0 Å². The molecule has 5 nitrogen and oxygen atoms in total. The van der Waals surface area contributed by atoms with Crippen molar-refractivity contribution in [2.45, 2.75) is 6.92 Å². The summed E-state index contributed by atoms with van der Waals surface area (Å²) in [5.41, 5.74) is 0.672. The predicted molar refractivity (Wildman–Crippen MR) is 90.7 cm³/mol. The smallest absolute Gasteiger partial charge is 0.262 e. The maximum absolute atomic E-state index is 11.7. The molecular formula is C17H16N2O3S. The Bertz CT molecular complexity index is 730. The maximum atomic E-state index is 11.7. The summed E-state index contributed by atoms with van der Waals surface area (Å²) in [4.78, 5) is 23.3. The fourth-order valence-electron chi connectivity index (χ4n) is 1.72. The maximum Gasteiger partial charge on any atom is 0.262 e. The van der Waals surface area contributed by atoms with Crippen molar-refractivity contribution in [1.82, 2.24) is 5.32 Å². The van der Waals surface area contributed by atoms with Crippen molar-refractivity contribution < 1.29 is 14.3 Å². The van der Waals surface area contributed by atoms with Gasteiger partial charge in [-0.1, -0.05) is 24.0 Å². The average Bonchev–Trinajstić information content (AvgIpc) is 3.04. The van der Waals surface area contributed by atoms with Crippen LogP contribution in [0.5, 0.6) is 5.75 Å². The van der Waals surface area contributed by atoms with Crippen LogP contribution >= 0.6 is 11.3 Å². The molecular weight excluding hydrogens is 312 g/mol. The minimum atomic E-state index is -0.136. The van der Waals surface area contributed by atoms with E-state index in [2.05, 4.69) is 22.5 Å². The van der Waals surface area contributed by atoms with Crippen LogP contribution in [0.4, 0.5) is 5.69 Å². The third-order valence-electron chi connectivity index (χ3n) is 2.67. The van der Waals surface area contributed by atoms with Gasteiger partial charge in [0.05, 0.1) is 11.4 Å². The Kier molecular flexibility index (Phi) is 6.21. The first-order valence-electron chi connectivity index (χ1n) is 6.93. The summed E-state index contributed by atoms with van der Waals surface area (Å²) >= 11 is 1.39. The topological polar surface area (TPSA) is 67.4 Å². The average molecular weight is 328 g/mol. The van der Waals surface area contributed by atoms with Gasteiger partial charge in [0, 0.05) is 18.7 Å². The lowest BCUT2D eigenvalue weighted by molar-refractivity contribution is -0.114. The van der Waals surface area contributed by atoms with E-state index in [1.54, 1.807) is 30.3 Å². The largest absolute Gasteiger partial charge is 0.481 e. The number of rotatable bonds is 5. The summed E-state index contributed by atoms with van der Waals surface area (Å²) in [6, 6.07) is 10.7. The summed E-state index contributed by atoms with van der Waals surface area (Å²) < 4.78 is 5.47. The van der Waals surface area contributed by atoms with Crippen LogP contribution in [0, 0.1) is 11.8 Å². The molecule has 0 unspecified atom stereocenters. The van der Waals surface area contributed by atoms with Crippen molar-refractivity contribution in [2.75, 3.05) is 18.5 Å². The Morgan fingerprint density at radius 3 is 2.83 bits per heavy atom. The first-order chi connectivity index (χ1) is 11.1. The van der Waals surface area contributed by atoms with Crippen molar-refractivity contribution in [1.29, 1.82) is 0 Å². The van der Waals surface area contributed by atoms with Crippen LogP contribution in [0.15, 0.2) is 41.8 Å². The Labute approximate surface area is 138 Å². The Morgan fingerprint density at radius 1 is 1.22 bits per heavy atom. The second kappa shape index (κ2) is 8.61. The SMILES string of the molecule is CC(=O)Nc1cccc(OCC#CCNC(=O)c2cccs2)c1. The molecule has 0 atom stereocenters. The minimum Gasteiger partial charge on any atom is -0.481 e. The second-order valence-corrected chi connectivity index (χ2v) is 5.46. The lowest BCUT2D eigenvalue weighted by Crippen LogP contribution is -2.22. The van der Waals surface area contributed by atoms with Gasteiger partial charge in [-0.05, 0) is 23.6 Å². The fraction of sp³-hybridized carbons (Fsp3) is 0.176. The predicted octanol–water partition coefficient (Wildman–Crippen LogP) is 2.52. The molecule has 2 amide bonds. The number of hydrogen-bond acceptors (Lipinski definition) is 4. The normalized spacial score (nSPS) is 9.43. The van der Waals surface area contributed by atoms with E-state index in [4.69, 9.17) is 4.74 Å². The molecule has 0 aliphatic rings. The molecule has 0 spiro atoms. The molecule has 0 bridgehead atoms. The lowest BCUT2D eigenvalue weighted by Gasteiger charge is -2.05. The van der Waals surface area contributed by atoms with Crippen molar-refractivity contribution >= 4 is 28.8 Å². The van der Waals surface area contributed by atoms with Crippen LogP contribution in [0.3, 0.4) is 0 Å². The molecule has 1 heterocycles. The van der Waals surface area contributed by atoms with Crippen LogP contribution in [-0.2, 0) is 4.79 Å². The van der Waals surface area contributed by atoms with Gasteiger partial charge in [-0.15, -0.1) is 11.3 Å². The molecule has 1 aromatic carbocycles. The summed E-state index contributed by atoms with van der Waals surface area (Å²) in [7, 11) is 0. The highest BCUT2D eigenvalue weighted by molar-refractivity contribution is 7.12. The molecule has 0 radical (unpaired) electrons. The molecule has 2 aromatic rings. The number of benzene rings is 1. The molecule has 2 rings (SSSR count). The van der Waals surface area contributed by atoms with Gasteiger partial charge in [-0.3, -0.25) is 9.59 Å². The first kappa shape index (κ1) is 16.6. The molecule has 1 aromatic heterocycles. The van der Waals surface area contributed by atoms with Crippen LogP contribution in [-0.4, -0.2) is 25.0 Å². The van der Waals surface area contributed by atoms with E-state index in [1.807, 2.05) is 11.4 Å². The van der Waals surface area contributed by atoms with Crippen molar-refractivity contribution in [3.8, 4) is 17.6 Å². The third-order valence-corrected chi connectivity index (χ3v) is 3.54. The number of carbonyl (C=O) groups is 2. The second-order valence-electron chi connectivity index (χ2n) is 4.51. The monoisotopic (exact) mass is 328 g/mol.